The fraction of sp³-hybridized carbons (Fsp3) is 0.235. The lowest BCUT2D eigenvalue weighted by atomic mass is 10.2. The standard InChI is InChI=1S/C17H20N2O3S/c1-4-22-17(18-15-9-5-13(2)6-10-15)19-23(20,21)16-11-7-14(3)8-12-16/h5-12H,4H2,1-3H3,(H,18,19). The van der Waals surface area contributed by atoms with Crippen molar-refractivity contribution in [3.05, 3.63) is 59.7 Å². The van der Waals surface area contributed by atoms with E-state index in [1.54, 1.807) is 19.1 Å². The van der Waals surface area contributed by atoms with Gasteiger partial charge in [0, 0.05) is 5.69 Å². The highest BCUT2D eigenvalue weighted by Crippen LogP contribution is 2.15. The number of hydrogen-bond donors (Lipinski definition) is 1. The van der Waals surface area contributed by atoms with E-state index in [9.17, 15) is 8.42 Å². The molecule has 0 fully saturated rings. The molecule has 2 rings (SSSR count). The smallest absolute Gasteiger partial charge is 0.305 e. The van der Waals surface area contributed by atoms with Gasteiger partial charge in [0.25, 0.3) is 10.0 Å². The Kier molecular flexibility index (Phi) is 5.39. The SMILES string of the molecule is CCO/C(=N/S(=O)(=O)c1ccc(C)cc1)Nc1ccc(C)cc1. The van der Waals surface area contributed by atoms with Gasteiger partial charge in [0.2, 0.25) is 0 Å². The first kappa shape index (κ1) is 17.0. The summed E-state index contributed by atoms with van der Waals surface area (Å²) in [7, 11) is -3.83. The molecule has 0 radical (unpaired) electrons. The molecule has 0 amide bonds. The number of nitrogens with one attached hydrogen (secondary N) is 1. The van der Waals surface area contributed by atoms with Crippen LogP contribution < -0.4 is 5.32 Å². The molecule has 0 heterocycles. The maximum atomic E-state index is 12.4. The summed E-state index contributed by atoms with van der Waals surface area (Å²) in [5.74, 6) is 0. The second kappa shape index (κ2) is 7.28. The molecular formula is C17H20N2O3S. The molecule has 0 aliphatic heterocycles. The number of anilines is 1. The molecule has 0 spiro atoms. The molecule has 2 aromatic carbocycles. The van der Waals surface area contributed by atoms with Gasteiger partial charge in [0.15, 0.2) is 0 Å². The van der Waals surface area contributed by atoms with Gasteiger partial charge in [0.05, 0.1) is 11.5 Å². The van der Waals surface area contributed by atoms with Crippen LogP contribution in [0.15, 0.2) is 57.8 Å². The molecule has 0 atom stereocenters. The third-order valence-electron chi connectivity index (χ3n) is 3.11. The molecule has 5 nitrogen and oxygen atoms in total. The van der Waals surface area contributed by atoms with Crippen LogP contribution in [0.3, 0.4) is 0 Å². The van der Waals surface area contributed by atoms with Gasteiger partial charge in [-0.1, -0.05) is 35.4 Å². The molecule has 0 aromatic heterocycles. The number of rotatable bonds is 4. The normalized spacial score (nSPS) is 12.0. The van der Waals surface area contributed by atoms with Gasteiger partial charge >= 0.3 is 6.02 Å². The number of amidine groups is 1. The second-order valence-corrected chi connectivity index (χ2v) is 6.71. The third-order valence-corrected chi connectivity index (χ3v) is 4.38. The van der Waals surface area contributed by atoms with Crippen LogP contribution in [0.4, 0.5) is 5.69 Å². The average molecular weight is 332 g/mol. The summed E-state index contributed by atoms with van der Waals surface area (Å²) in [5.41, 5.74) is 2.80. The highest BCUT2D eigenvalue weighted by molar-refractivity contribution is 7.90. The van der Waals surface area contributed by atoms with Gasteiger partial charge in [-0.2, -0.15) is 8.42 Å². The van der Waals surface area contributed by atoms with E-state index in [1.807, 2.05) is 38.1 Å². The number of ether oxygens (including phenoxy) is 1. The van der Waals surface area contributed by atoms with Crippen LogP contribution in [0.25, 0.3) is 0 Å². The third kappa shape index (κ3) is 4.82. The molecule has 0 aliphatic rings. The van der Waals surface area contributed by atoms with Gasteiger partial charge in [-0.05, 0) is 45.0 Å². The summed E-state index contributed by atoms with van der Waals surface area (Å²) in [4.78, 5) is 0.131. The fourth-order valence-corrected chi connectivity index (χ4v) is 2.76. The van der Waals surface area contributed by atoms with E-state index in [-0.39, 0.29) is 10.9 Å². The maximum absolute atomic E-state index is 12.4. The Morgan fingerprint density at radius 2 is 1.52 bits per heavy atom. The summed E-state index contributed by atoms with van der Waals surface area (Å²) in [5, 5.41) is 2.89. The minimum Gasteiger partial charge on any atom is -0.465 e. The van der Waals surface area contributed by atoms with E-state index in [4.69, 9.17) is 4.74 Å². The zero-order valence-corrected chi connectivity index (χ0v) is 14.2. The number of sulfonamides is 1. The lowest BCUT2D eigenvalue weighted by molar-refractivity contribution is 0.327. The van der Waals surface area contributed by atoms with Crippen molar-refractivity contribution in [3.63, 3.8) is 0 Å². The maximum Gasteiger partial charge on any atom is 0.305 e. The summed E-state index contributed by atoms with van der Waals surface area (Å²) >= 11 is 0. The molecule has 0 unspecified atom stereocenters. The van der Waals surface area contributed by atoms with Crippen LogP contribution in [0.2, 0.25) is 0 Å². The lowest BCUT2D eigenvalue weighted by Crippen LogP contribution is -2.18. The first-order valence-corrected chi connectivity index (χ1v) is 8.73. The van der Waals surface area contributed by atoms with Crippen molar-refractivity contribution in [1.29, 1.82) is 0 Å². The van der Waals surface area contributed by atoms with E-state index in [0.717, 1.165) is 11.1 Å². The Balaban J connectivity index is 2.29. The summed E-state index contributed by atoms with van der Waals surface area (Å²) in [6, 6.07) is 14.0. The summed E-state index contributed by atoms with van der Waals surface area (Å²) in [6.45, 7) is 5.94. The largest absolute Gasteiger partial charge is 0.465 e. The highest BCUT2D eigenvalue weighted by atomic mass is 32.2. The van der Waals surface area contributed by atoms with Crippen molar-refractivity contribution in [1.82, 2.24) is 0 Å². The summed E-state index contributed by atoms with van der Waals surface area (Å²) in [6.07, 6.45) is 0. The van der Waals surface area contributed by atoms with Gasteiger partial charge < -0.3 is 10.1 Å². The van der Waals surface area contributed by atoms with Gasteiger partial charge in [-0.3, -0.25) is 0 Å². The molecule has 0 saturated carbocycles. The topological polar surface area (TPSA) is 67.8 Å². The van der Waals surface area contributed by atoms with Crippen LogP contribution in [0, 0.1) is 13.8 Å². The van der Waals surface area contributed by atoms with E-state index in [2.05, 4.69) is 9.71 Å². The predicted molar refractivity (Wildman–Crippen MR) is 92.2 cm³/mol. The Morgan fingerprint density at radius 1 is 1.00 bits per heavy atom. The molecule has 1 N–H and O–H groups in total. The van der Waals surface area contributed by atoms with Crippen LogP contribution in [0.5, 0.6) is 0 Å². The quantitative estimate of drug-likeness (QED) is 0.687. The molecule has 0 saturated heterocycles. The fourth-order valence-electron chi connectivity index (χ4n) is 1.85. The monoisotopic (exact) mass is 332 g/mol. The van der Waals surface area contributed by atoms with Crippen LogP contribution in [-0.2, 0) is 14.8 Å². The van der Waals surface area contributed by atoms with Crippen LogP contribution >= 0.6 is 0 Å². The number of hydrogen-bond acceptors (Lipinski definition) is 3. The van der Waals surface area contributed by atoms with E-state index in [0.29, 0.717) is 12.3 Å². The molecule has 0 aliphatic carbocycles. The van der Waals surface area contributed by atoms with Crippen molar-refractivity contribution in [2.24, 2.45) is 4.40 Å². The van der Waals surface area contributed by atoms with E-state index < -0.39 is 10.0 Å². The highest BCUT2D eigenvalue weighted by Gasteiger charge is 2.15. The minimum atomic E-state index is -3.83. The minimum absolute atomic E-state index is 0.0445. The lowest BCUT2D eigenvalue weighted by Gasteiger charge is -2.10. The number of benzene rings is 2. The van der Waals surface area contributed by atoms with Gasteiger partial charge in [0.1, 0.15) is 0 Å². The molecule has 2 aromatic rings. The van der Waals surface area contributed by atoms with Crippen LogP contribution in [-0.4, -0.2) is 21.0 Å². The average Bonchev–Trinajstić information content (AvgIpc) is 2.50. The van der Waals surface area contributed by atoms with Crippen molar-refractivity contribution >= 4 is 21.7 Å². The molecule has 23 heavy (non-hydrogen) atoms. The van der Waals surface area contributed by atoms with Crippen molar-refractivity contribution in [2.75, 3.05) is 11.9 Å². The Morgan fingerprint density at radius 3 is 2.04 bits per heavy atom. The van der Waals surface area contributed by atoms with Crippen molar-refractivity contribution in [2.45, 2.75) is 25.7 Å². The predicted octanol–water partition coefficient (Wildman–Crippen LogP) is 3.50. The second-order valence-electron chi connectivity index (χ2n) is 5.11. The van der Waals surface area contributed by atoms with Crippen LogP contribution in [0.1, 0.15) is 18.1 Å². The molecule has 122 valence electrons. The number of nitrogens with zero attached hydrogens (tertiary/aromatic N) is 1. The van der Waals surface area contributed by atoms with Gasteiger partial charge in [-0.25, -0.2) is 0 Å². The van der Waals surface area contributed by atoms with E-state index in [1.165, 1.54) is 12.1 Å². The molecule has 0 bridgehead atoms. The Hall–Kier alpha value is -2.34. The number of aryl methyl sites for hydroxylation is 2. The summed E-state index contributed by atoms with van der Waals surface area (Å²) < 4.78 is 33.8. The zero-order valence-electron chi connectivity index (χ0n) is 13.4. The van der Waals surface area contributed by atoms with Gasteiger partial charge in [-0.15, -0.1) is 4.40 Å². The van der Waals surface area contributed by atoms with Crippen molar-refractivity contribution in [3.8, 4) is 0 Å². The first-order valence-electron chi connectivity index (χ1n) is 7.29. The molecular weight excluding hydrogens is 312 g/mol. The zero-order chi connectivity index (χ0) is 16.9. The first-order chi connectivity index (χ1) is 10.9. The molecule has 6 heteroatoms. The van der Waals surface area contributed by atoms with E-state index >= 15 is 0 Å². The van der Waals surface area contributed by atoms with Crippen molar-refractivity contribution < 1.29 is 13.2 Å². The Bertz CT molecular complexity index is 780. The Labute approximate surface area is 137 Å².